The Bertz CT molecular complexity index is 647. The van der Waals surface area contributed by atoms with E-state index in [9.17, 15) is 4.79 Å². The van der Waals surface area contributed by atoms with Gasteiger partial charge in [-0.05, 0) is 37.1 Å². The van der Waals surface area contributed by atoms with E-state index in [2.05, 4.69) is 5.32 Å². The second kappa shape index (κ2) is 8.80. The molecule has 1 amide bonds. The number of benzene rings is 2. The summed E-state index contributed by atoms with van der Waals surface area (Å²) < 4.78 is 5.56. The van der Waals surface area contributed by atoms with Crippen LogP contribution in [-0.4, -0.2) is 12.5 Å². The fourth-order valence-electron chi connectivity index (χ4n) is 2.15. The van der Waals surface area contributed by atoms with E-state index in [1.54, 1.807) is 18.2 Å². The molecule has 0 unspecified atom stereocenters. The maximum absolute atomic E-state index is 11.9. The van der Waals surface area contributed by atoms with Gasteiger partial charge in [0.15, 0.2) is 0 Å². The van der Waals surface area contributed by atoms with Crippen molar-refractivity contribution >= 4 is 29.1 Å². The molecule has 2 rings (SSSR count). The third kappa shape index (κ3) is 5.77. The van der Waals surface area contributed by atoms with Crippen molar-refractivity contribution in [1.29, 1.82) is 0 Å². The van der Waals surface area contributed by atoms with Crippen LogP contribution in [0, 0.1) is 0 Å². The summed E-state index contributed by atoms with van der Waals surface area (Å²) in [5.74, 6) is 0.585. The third-order valence-electron chi connectivity index (χ3n) is 3.38. The lowest BCUT2D eigenvalue weighted by Crippen LogP contribution is -2.26. The molecule has 0 aliphatic carbocycles. The molecule has 1 atom stereocenters. The number of hydrogen-bond donors (Lipinski definition) is 1. The molecular weight excluding hydrogens is 333 g/mol. The Morgan fingerprint density at radius 2 is 1.91 bits per heavy atom. The molecule has 0 bridgehead atoms. The highest BCUT2D eigenvalue weighted by molar-refractivity contribution is 6.35. The molecule has 0 heterocycles. The first kappa shape index (κ1) is 17.6. The van der Waals surface area contributed by atoms with E-state index >= 15 is 0 Å². The highest BCUT2D eigenvalue weighted by atomic mass is 35.5. The Kier molecular flexibility index (Phi) is 6.75. The normalized spacial score (nSPS) is 11.8. The zero-order valence-corrected chi connectivity index (χ0v) is 14.4. The van der Waals surface area contributed by atoms with Gasteiger partial charge in [0.2, 0.25) is 5.91 Å². The molecule has 0 aliphatic rings. The van der Waals surface area contributed by atoms with Crippen LogP contribution < -0.4 is 10.1 Å². The van der Waals surface area contributed by atoms with Crippen LogP contribution in [-0.2, 0) is 4.79 Å². The van der Waals surface area contributed by atoms with E-state index in [0.29, 0.717) is 35.2 Å². The zero-order valence-electron chi connectivity index (χ0n) is 12.9. The van der Waals surface area contributed by atoms with Crippen molar-refractivity contribution in [1.82, 2.24) is 5.32 Å². The van der Waals surface area contributed by atoms with E-state index in [1.165, 1.54) is 0 Å². The Morgan fingerprint density at radius 3 is 2.61 bits per heavy atom. The summed E-state index contributed by atoms with van der Waals surface area (Å²) in [6, 6.07) is 14.9. The molecule has 2 aromatic carbocycles. The molecule has 0 saturated heterocycles. The number of rotatable bonds is 7. The lowest BCUT2D eigenvalue weighted by Gasteiger charge is -2.14. The van der Waals surface area contributed by atoms with Crippen LogP contribution in [0.25, 0.3) is 0 Å². The van der Waals surface area contributed by atoms with Gasteiger partial charge in [0.25, 0.3) is 0 Å². The highest BCUT2D eigenvalue weighted by Gasteiger charge is 2.09. The van der Waals surface area contributed by atoms with Crippen LogP contribution in [0.5, 0.6) is 5.75 Å². The quantitative estimate of drug-likeness (QED) is 0.710. The number of halogens is 2. The Morgan fingerprint density at radius 1 is 1.17 bits per heavy atom. The highest BCUT2D eigenvalue weighted by Crippen LogP contribution is 2.27. The zero-order chi connectivity index (χ0) is 16.7. The molecular formula is C18H19Cl2NO2. The molecule has 1 N–H and O–H groups in total. The Balaban J connectivity index is 1.70. The summed E-state index contributed by atoms with van der Waals surface area (Å²) in [6.07, 6.45) is 1.02. The number of ether oxygens (including phenoxy) is 1. The van der Waals surface area contributed by atoms with Gasteiger partial charge in [0.1, 0.15) is 5.75 Å². The van der Waals surface area contributed by atoms with Gasteiger partial charge < -0.3 is 10.1 Å². The van der Waals surface area contributed by atoms with Crippen molar-refractivity contribution < 1.29 is 9.53 Å². The molecule has 0 saturated carbocycles. The SMILES string of the molecule is C[C@@H](NC(=O)CCCOc1ccc(Cl)cc1Cl)c1ccccc1. The molecule has 23 heavy (non-hydrogen) atoms. The number of amides is 1. The summed E-state index contributed by atoms with van der Waals surface area (Å²) in [4.78, 5) is 11.9. The lowest BCUT2D eigenvalue weighted by atomic mass is 10.1. The fourth-order valence-corrected chi connectivity index (χ4v) is 2.61. The van der Waals surface area contributed by atoms with Crippen molar-refractivity contribution in [3.8, 4) is 5.75 Å². The average Bonchev–Trinajstić information content (AvgIpc) is 2.54. The van der Waals surface area contributed by atoms with Gasteiger partial charge >= 0.3 is 0 Å². The van der Waals surface area contributed by atoms with Crippen molar-refractivity contribution in [3.63, 3.8) is 0 Å². The molecule has 0 aromatic heterocycles. The van der Waals surface area contributed by atoms with E-state index in [4.69, 9.17) is 27.9 Å². The van der Waals surface area contributed by atoms with E-state index in [1.807, 2.05) is 37.3 Å². The maximum Gasteiger partial charge on any atom is 0.220 e. The average molecular weight is 352 g/mol. The van der Waals surface area contributed by atoms with Crippen molar-refractivity contribution in [3.05, 3.63) is 64.1 Å². The minimum absolute atomic E-state index is 0.00433. The monoisotopic (exact) mass is 351 g/mol. The number of hydrogen-bond acceptors (Lipinski definition) is 2. The largest absolute Gasteiger partial charge is 0.492 e. The van der Waals surface area contributed by atoms with Gasteiger partial charge in [-0.3, -0.25) is 4.79 Å². The number of nitrogens with one attached hydrogen (secondary N) is 1. The Hall–Kier alpha value is -1.71. The summed E-state index contributed by atoms with van der Waals surface area (Å²) in [7, 11) is 0. The van der Waals surface area contributed by atoms with Gasteiger partial charge in [0, 0.05) is 11.4 Å². The summed E-state index contributed by atoms with van der Waals surface area (Å²) in [6.45, 7) is 2.39. The van der Waals surface area contributed by atoms with Gasteiger partial charge in [0.05, 0.1) is 17.7 Å². The van der Waals surface area contributed by atoms with E-state index in [0.717, 1.165) is 5.56 Å². The molecule has 0 aliphatic heterocycles. The third-order valence-corrected chi connectivity index (χ3v) is 3.91. The second-order valence-corrected chi connectivity index (χ2v) is 6.07. The van der Waals surface area contributed by atoms with Crippen LogP contribution in [0.3, 0.4) is 0 Å². The van der Waals surface area contributed by atoms with Crippen LogP contribution in [0.2, 0.25) is 10.0 Å². The van der Waals surface area contributed by atoms with Crippen LogP contribution in [0.15, 0.2) is 48.5 Å². The Labute approximate surface area is 146 Å². The van der Waals surface area contributed by atoms with Gasteiger partial charge in [-0.2, -0.15) is 0 Å². The van der Waals surface area contributed by atoms with Crippen LogP contribution in [0.1, 0.15) is 31.4 Å². The number of carbonyl (C=O) groups excluding carboxylic acids is 1. The minimum atomic E-state index is -0.00433. The molecule has 0 spiro atoms. The second-order valence-electron chi connectivity index (χ2n) is 5.23. The van der Waals surface area contributed by atoms with Crippen molar-refractivity contribution in [2.75, 3.05) is 6.61 Å². The molecule has 3 nitrogen and oxygen atoms in total. The summed E-state index contributed by atoms with van der Waals surface area (Å²) in [5, 5.41) is 4.01. The van der Waals surface area contributed by atoms with E-state index < -0.39 is 0 Å². The molecule has 2 aromatic rings. The van der Waals surface area contributed by atoms with Crippen LogP contribution in [0.4, 0.5) is 0 Å². The van der Waals surface area contributed by atoms with Crippen LogP contribution >= 0.6 is 23.2 Å². The van der Waals surface area contributed by atoms with Crippen molar-refractivity contribution in [2.24, 2.45) is 0 Å². The topological polar surface area (TPSA) is 38.3 Å². The van der Waals surface area contributed by atoms with Gasteiger partial charge in [-0.25, -0.2) is 0 Å². The summed E-state index contributed by atoms with van der Waals surface area (Å²) in [5.41, 5.74) is 1.09. The number of carbonyl (C=O) groups is 1. The first-order valence-corrected chi connectivity index (χ1v) is 8.24. The first-order valence-electron chi connectivity index (χ1n) is 7.48. The fraction of sp³-hybridized carbons (Fsp3) is 0.278. The summed E-state index contributed by atoms with van der Waals surface area (Å²) >= 11 is 11.8. The molecule has 0 fully saturated rings. The maximum atomic E-state index is 11.9. The standard InChI is InChI=1S/C18H19Cl2NO2/c1-13(14-6-3-2-4-7-14)21-18(22)8-5-11-23-17-10-9-15(19)12-16(17)20/h2-4,6-7,9-10,12-13H,5,8,11H2,1H3,(H,21,22)/t13-/m1/s1. The lowest BCUT2D eigenvalue weighted by molar-refractivity contribution is -0.121. The smallest absolute Gasteiger partial charge is 0.220 e. The van der Waals surface area contributed by atoms with Crippen molar-refractivity contribution in [2.45, 2.75) is 25.8 Å². The van der Waals surface area contributed by atoms with Gasteiger partial charge in [-0.15, -0.1) is 0 Å². The first-order chi connectivity index (χ1) is 11.1. The van der Waals surface area contributed by atoms with Gasteiger partial charge in [-0.1, -0.05) is 53.5 Å². The molecule has 122 valence electrons. The predicted molar refractivity (Wildman–Crippen MR) is 94.2 cm³/mol. The van der Waals surface area contributed by atoms with E-state index in [-0.39, 0.29) is 11.9 Å². The molecule has 5 heteroatoms. The minimum Gasteiger partial charge on any atom is -0.492 e. The predicted octanol–water partition coefficient (Wildman–Crippen LogP) is 5.03. The molecule has 0 radical (unpaired) electrons.